The number of aromatic amines is 2. The van der Waals surface area contributed by atoms with Crippen LogP contribution in [-0.2, 0) is 22.4 Å². The minimum absolute atomic E-state index is 0.0295. The Hall–Kier alpha value is -1.68. The zero-order valence-corrected chi connectivity index (χ0v) is 21.4. The van der Waals surface area contributed by atoms with Gasteiger partial charge in [-0.15, -0.1) is 0 Å². The molecule has 0 fully saturated rings. The van der Waals surface area contributed by atoms with Crippen LogP contribution in [0.2, 0.25) is 0 Å². The van der Waals surface area contributed by atoms with E-state index in [4.69, 9.17) is 0 Å². The fourth-order valence-electron chi connectivity index (χ4n) is 2.81. The van der Waals surface area contributed by atoms with Crippen LogP contribution >= 0.6 is 0 Å². The molecule has 0 aliphatic rings. The number of aliphatic carboxylic acids is 2. The van der Waals surface area contributed by atoms with Crippen LogP contribution < -0.4 is 19.7 Å². The first-order valence-corrected chi connectivity index (χ1v) is 15.3. The summed E-state index contributed by atoms with van der Waals surface area (Å²) in [5.41, 5.74) is 1.54. The standard InChI is InChI=1S/C18H28N6O4Se2/c1-23(2,3)13(15(25)26)7-11-9-19-17(21-11)29-30-18-20-10-12(22-18)8-14(16(27)28)24(4,5)6/h9-10,13-14H,7-8H2,1-6H3,(H2-2,19,20,21,22,25,26,27,28). The van der Waals surface area contributed by atoms with Crippen molar-refractivity contribution in [3.63, 3.8) is 0 Å². The van der Waals surface area contributed by atoms with Crippen LogP contribution in [0.3, 0.4) is 0 Å². The molecule has 30 heavy (non-hydrogen) atoms. The zero-order valence-electron chi connectivity index (χ0n) is 18.0. The molecule has 0 radical (unpaired) electrons. The molecule has 2 rings (SSSR count). The Morgan fingerprint density at radius 3 is 1.43 bits per heavy atom. The van der Waals surface area contributed by atoms with Gasteiger partial charge in [-0.2, -0.15) is 0 Å². The number of carbonyl (C=O) groups is 2. The van der Waals surface area contributed by atoms with Gasteiger partial charge in [0.1, 0.15) is 0 Å². The molecule has 0 saturated carbocycles. The minimum atomic E-state index is -1.08. The van der Waals surface area contributed by atoms with E-state index in [1.54, 1.807) is 12.4 Å². The summed E-state index contributed by atoms with van der Waals surface area (Å²) in [5, 5.41) is 22.9. The molecule has 0 bridgehead atoms. The predicted octanol–water partition coefficient (Wildman–Crippen LogP) is -4.86. The Morgan fingerprint density at radius 2 is 1.17 bits per heavy atom. The monoisotopic (exact) mass is 552 g/mol. The number of aromatic nitrogens is 4. The van der Waals surface area contributed by atoms with E-state index < -0.39 is 24.0 Å². The van der Waals surface area contributed by atoms with Gasteiger partial charge in [0, 0.05) is 0 Å². The summed E-state index contributed by atoms with van der Waals surface area (Å²) in [5.74, 6) is -2.17. The summed E-state index contributed by atoms with van der Waals surface area (Å²) in [7, 11) is 10.9. The first kappa shape index (κ1) is 24.6. The number of carboxylic acids is 2. The van der Waals surface area contributed by atoms with Crippen LogP contribution in [0.1, 0.15) is 11.4 Å². The van der Waals surface area contributed by atoms with Crippen molar-refractivity contribution in [2.24, 2.45) is 0 Å². The van der Waals surface area contributed by atoms with Crippen LogP contribution in [0.5, 0.6) is 0 Å². The molecule has 2 unspecified atom stereocenters. The van der Waals surface area contributed by atoms with Crippen LogP contribution in [0, 0.1) is 0 Å². The number of likely N-dealkylation sites (N-methyl/N-ethyl adjacent to an activating group) is 2. The number of imidazole rings is 2. The Morgan fingerprint density at radius 1 is 0.833 bits per heavy atom. The molecule has 0 saturated heterocycles. The predicted molar refractivity (Wildman–Crippen MR) is 109 cm³/mol. The molecule has 2 heterocycles. The van der Waals surface area contributed by atoms with Crippen LogP contribution in [0.4, 0.5) is 0 Å². The molecule has 0 aliphatic heterocycles. The molecular formula is C18H28N6O4Se2. The van der Waals surface area contributed by atoms with E-state index in [0.717, 1.165) is 20.8 Å². The first-order chi connectivity index (χ1) is 13.8. The van der Waals surface area contributed by atoms with E-state index in [2.05, 4.69) is 19.9 Å². The van der Waals surface area contributed by atoms with Gasteiger partial charge < -0.3 is 0 Å². The van der Waals surface area contributed by atoms with Gasteiger partial charge in [0.25, 0.3) is 0 Å². The van der Waals surface area contributed by atoms with E-state index in [9.17, 15) is 19.8 Å². The molecule has 0 aliphatic carbocycles. The molecule has 2 aromatic heterocycles. The maximum atomic E-state index is 11.4. The second-order valence-electron chi connectivity index (χ2n) is 8.90. The summed E-state index contributed by atoms with van der Waals surface area (Å²) >= 11 is 0.0591. The van der Waals surface area contributed by atoms with Crippen LogP contribution in [-0.4, -0.2) is 121 Å². The summed E-state index contributed by atoms with van der Waals surface area (Å²) in [6.07, 6.45) is 4.00. The third kappa shape index (κ3) is 6.94. The second-order valence-corrected chi connectivity index (χ2v) is 14.9. The zero-order chi connectivity index (χ0) is 22.7. The number of carboxylic acid groups (broad SMARTS) is 2. The van der Waals surface area contributed by atoms with Crippen molar-refractivity contribution in [3.8, 4) is 0 Å². The van der Waals surface area contributed by atoms with E-state index in [1.165, 1.54) is 0 Å². The molecule has 2 aromatic rings. The molecule has 0 spiro atoms. The first-order valence-electron chi connectivity index (χ1n) is 9.23. The average molecular weight is 550 g/mol. The third-order valence-electron chi connectivity index (χ3n) is 4.65. The van der Waals surface area contributed by atoms with Crippen molar-refractivity contribution in [2.45, 2.75) is 24.9 Å². The summed E-state index contributed by atoms with van der Waals surface area (Å²) in [6, 6.07) is -1.33. The van der Waals surface area contributed by atoms with Crippen molar-refractivity contribution >= 4 is 47.6 Å². The molecule has 2 N–H and O–H groups in total. The molecule has 2 atom stereocenters. The molecule has 0 amide bonds. The number of nitrogens with zero attached hydrogens (tertiary/aromatic N) is 4. The third-order valence-corrected chi connectivity index (χ3v) is 10.7. The fourth-order valence-corrected chi connectivity index (χ4v) is 7.84. The number of rotatable bonds is 11. The van der Waals surface area contributed by atoms with E-state index in [1.807, 2.05) is 42.3 Å². The number of hydrogen-bond donors (Lipinski definition) is 2. The van der Waals surface area contributed by atoms with Crippen molar-refractivity contribution in [3.05, 3.63) is 23.8 Å². The Balaban J connectivity index is 1.96. The average Bonchev–Trinajstić information content (AvgIpc) is 3.22. The second kappa shape index (κ2) is 9.63. The SMILES string of the molecule is C[N+](C)(C)C(Cc1cnc([Se][Se]c2ncc(CC(C(=O)[O-])[N+](C)(C)C)[nH]2)[nH]1)C(=O)[O-]. The summed E-state index contributed by atoms with van der Waals surface area (Å²) in [4.78, 5) is 38.1. The normalized spacial score (nSPS) is 14.5. The number of carbonyl (C=O) groups excluding carboxylic acids is 2. The van der Waals surface area contributed by atoms with Crippen molar-refractivity contribution in [1.82, 2.24) is 19.9 Å². The summed E-state index contributed by atoms with van der Waals surface area (Å²) in [6.45, 7) is 0. The molecular weight excluding hydrogens is 522 g/mol. The van der Waals surface area contributed by atoms with Gasteiger partial charge in [-0.1, -0.05) is 0 Å². The Labute approximate surface area is 187 Å². The fraction of sp³-hybridized carbons (Fsp3) is 0.556. The van der Waals surface area contributed by atoms with Gasteiger partial charge in [0.2, 0.25) is 0 Å². The van der Waals surface area contributed by atoms with Crippen molar-refractivity contribution < 1.29 is 28.8 Å². The van der Waals surface area contributed by atoms with E-state index in [-0.39, 0.29) is 35.2 Å². The van der Waals surface area contributed by atoms with Crippen molar-refractivity contribution in [1.29, 1.82) is 0 Å². The number of nitrogens with one attached hydrogen (secondary N) is 2. The molecule has 166 valence electrons. The van der Waals surface area contributed by atoms with Gasteiger partial charge in [-0.05, 0) is 0 Å². The number of hydrogen-bond acceptors (Lipinski definition) is 6. The molecule has 10 nitrogen and oxygen atoms in total. The number of H-pyrrole nitrogens is 2. The van der Waals surface area contributed by atoms with Gasteiger partial charge in [-0.25, -0.2) is 0 Å². The molecule has 0 aromatic carbocycles. The van der Waals surface area contributed by atoms with Gasteiger partial charge in [-0.3, -0.25) is 0 Å². The number of quaternary nitrogens is 2. The van der Waals surface area contributed by atoms with Gasteiger partial charge in [0.15, 0.2) is 0 Å². The van der Waals surface area contributed by atoms with E-state index >= 15 is 0 Å². The van der Waals surface area contributed by atoms with E-state index in [0.29, 0.717) is 12.8 Å². The van der Waals surface area contributed by atoms with Gasteiger partial charge in [0.05, 0.1) is 0 Å². The quantitative estimate of drug-likeness (QED) is 0.213. The maximum absolute atomic E-state index is 11.4. The Kier molecular flexibility index (Phi) is 7.90. The Bertz CT molecular complexity index is 812. The van der Waals surface area contributed by atoms with Crippen LogP contribution in [0.15, 0.2) is 12.4 Å². The molecule has 12 heteroatoms. The van der Waals surface area contributed by atoms with Crippen LogP contribution in [0.25, 0.3) is 0 Å². The topological polar surface area (TPSA) is 138 Å². The van der Waals surface area contributed by atoms with Crippen molar-refractivity contribution in [2.75, 3.05) is 42.3 Å². The van der Waals surface area contributed by atoms with Gasteiger partial charge >= 0.3 is 187 Å². The summed E-state index contributed by atoms with van der Waals surface area (Å²) < 4.78 is 2.18.